The highest BCUT2D eigenvalue weighted by atomic mass is 16.5. The second-order valence-corrected chi connectivity index (χ2v) is 6.73. The van der Waals surface area contributed by atoms with Crippen LogP contribution in [0.1, 0.15) is 35.9 Å². The van der Waals surface area contributed by atoms with Crippen LogP contribution in [0.2, 0.25) is 0 Å². The van der Waals surface area contributed by atoms with Crippen LogP contribution in [0.15, 0.2) is 12.4 Å². The van der Waals surface area contributed by atoms with E-state index in [9.17, 15) is 9.90 Å². The maximum Gasteiger partial charge on any atom is 0.257 e. The summed E-state index contributed by atoms with van der Waals surface area (Å²) in [5, 5.41) is 11.0. The molecule has 0 bridgehead atoms. The molecule has 1 aromatic heterocycles. The van der Waals surface area contributed by atoms with Crippen molar-refractivity contribution in [3.8, 4) is 0 Å². The van der Waals surface area contributed by atoms with Gasteiger partial charge in [-0.2, -0.15) is 0 Å². The number of β-amino-alcohol motifs (C(OH)–C–C–N with tert-alkyl or cyclic N) is 1. The van der Waals surface area contributed by atoms with Gasteiger partial charge in [-0.25, -0.2) is 9.97 Å². The Labute approximate surface area is 142 Å². The highest BCUT2D eigenvalue weighted by Crippen LogP contribution is 2.19. The van der Waals surface area contributed by atoms with Gasteiger partial charge in [0.05, 0.1) is 25.3 Å². The fourth-order valence-corrected chi connectivity index (χ4v) is 3.37. The molecular weight excluding hydrogens is 308 g/mol. The van der Waals surface area contributed by atoms with Crippen molar-refractivity contribution in [2.24, 2.45) is 0 Å². The van der Waals surface area contributed by atoms with Crippen molar-refractivity contribution in [3.63, 3.8) is 0 Å². The maximum atomic E-state index is 12.7. The van der Waals surface area contributed by atoms with E-state index < -0.39 is 5.60 Å². The van der Waals surface area contributed by atoms with E-state index in [0.717, 1.165) is 25.3 Å². The first-order valence-corrected chi connectivity index (χ1v) is 8.72. The Bertz CT molecular complexity index is 559. The summed E-state index contributed by atoms with van der Waals surface area (Å²) in [6.07, 6.45) is 6.21. The van der Waals surface area contributed by atoms with Crippen LogP contribution in [0, 0.1) is 0 Å². The van der Waals surface area contributed by atoms with Gasteiger partial charge in [-0.1, -0.05) is 6.92 Å². The standard InChI is InChI=1S/C17H26N4O3/c1-2-15-18-9-14(10-19-15)16(22)21-7-8-24-13-17(23,12-21)11-20-5-3-4-6-20/h9-10,23H,2-8,11-13H2,1H3. The zero-order valence-corrected chi connectivity index (χ0v) is 14.3. The van der Waals surface area contributed by atoms with Crippen molar-refractivity contribution in [3.05, 3.63) is 23.8 Å². The molecule has 3 rings (SSSR count). The topological polar surface area (TPSA) is 78.8 Å². The lowest BCUT2D eigenvalue weighted by Gasteiger charge is -2.34. The number of aliphatic hydroxyl groups is 1. The van der Waals surface area contributed by atoms with Crippen LogP contribution in [-0.4, -0.2) is 82.3 Å². The molecule has 1 aromatic rings. The number of aryl methyl sites for hydroxylation is 1. The number of nitrogens with zero attached hydrogens (tertiary/aromatic N) is 4. The highest BCUT2D eigenvalue weighted by molar-refractivity contribution is 5.93. The van der Waals surface area contributed by atoms with Gasteiger partial charge in [0.15, 0.2) is 0 Å². The minimum atomic E-state index is -1.03. The van der Waals surface area contributed by atoms with Gasteiger partial charge in [-0.05, 0) is 25.9 Å². The molecule has 0 saturated carbocycles. The predicted octanol–water partition coefficient (Wildman–Crippen LogP) is 0.338. The minimum Gasteiger partial charge on any atom is -0.384 e. The van der Waals surface area contributed by atoms with Gasteiger partial charge >= 0.3 is 0 Å². The molecule has 1 atom stereocenters. The third kappa shape index (κ3) is 4.09. The molecule has 0 aliphatic carbocycles. The van der Waals surface area contributed by atoms with Gasteiger partial charge in [-0.3, -0.25) is 4.79 Å². The quantitative estimate of drug-likeness (QED) is 0.855. The number of hydrogen-bond donors (Lipinski definition) is 1. The molecule has 1 N–H and O–H groups in total. The van der Waals surface area contributed by atoms with E-state index in [0.29, 0.717) is 25.3 Å². The summed E-state index contributed by atoms with van der Waals surface area (Å²) in [5.74, 6) is 0.569. The van der Waals surface area contributed by atoms with Gasteiger partial charge in [0.1, 0.15) is 11.4 Å². The summed E-state index contributed by atoms with van der Waals surface area (Å²) in [6.45, 7) is 5.96. The van der Waals surface area contributed by atoms with Crippen LogP contribution in [0.3, 0.4) is 0 Å². The number of ether oxygens (including phenoxy) is 1. The van der Waals surface area contributed by atoms with E-state index in [2.05, 4.69) is 14.9 Å². The minimum absolute atomic E-state index is 0.150. The molecule has 7 nitrogen and oxygen atoms in total. The number of carbonyl (C=O) groups is 1. The van der Waals surface area contributed by atoms with Crippen LogP contribution >= 0.6 is 0 Å². The van der Waals surface area contributed by atoms with Crippen molar-refractivity contribution >= 4 is 5.91 Å². The smallest absolute Gasteiger partial charge is 0.257 e. The number of rotatable bonds is 4. The lowest BCUT2D eigenvalue weighted by Crippen LogP contribution is -2.53. The number of hydrogen-bond acceptors (Lipinski definition) is 6. The molecule has 24 heavy (non-hydrogen) atoms. The van der Waals surface area contributed by atoms with Crippen LogP contribution in [0.4, 0.5) is 0 Å². The largest absolute Gasteiger partial charge is 0.384 e. The van der Waals surface area contributed by atoms with E-state index in [4.69, 9.17) is 4.74 Å². The fraction of sp³-hybridized carbons (Fsp3) is 0.706. The third-order valence-corrected chi connectivity index (χ3v) is 4.63. The molecule has 7 heteroatoms. The molecular formula is C17H26N4O3. The predicted molar refractivity (Wildman–Crippen MR) is 88.8 cm³/mol. The number of likely N-dealkylation sites (tertiary alicyclic amines) is 1. The van der Waals surface area contributed by atoms with Crippen LogP contribution in [0.25, 0.3) is 0 Å². The zero-order chi connectivity index (χ0) is 17.0. The van der Waals surface area contributed by atoms with Crippen LogP contribution in [-0.2, 0) is 11.2 Å². The molecule has 0 radical (unpaired) electrons. The summed E-state index contributed by atoms with van der Waals surface area (Å²) in [7, 11) is 0. The molecule has 2 fully saturated rings. The Hall–Kier alpha value is -1.57. The van der Waals surface area contributed by atoms with Crippen LogP contribution < -0.4 is 0 Å². The highest BCUT2D eigenvalue weighted by Gasteiger charge is 2.36. The number of aromatic nitrogens is 2. The Morgan fingerprint density at radius 3 is 2.67 bits per heavy atom. The summed E-state index contributed by atoms with van der Waals surface area (Å²) in [6, 6.07) is 0. The van der Waals surface area contributed by atoms with Crippen LogP contribution in [0.5, 0.6) is 0 Å². The second-order valence-electron chi connectivity index (χ2n) is 6.73. The Morgan fingerprint density at radius 1 is 1.29 bits per heavy atom. The number of amides is 1. The van der Waals surface area contributed by atoms with Crippen molar-refractivity contribution in [2.75, 3.05) is 45.9 Å². The van der Waals surface area contributed by atoms with E-state index in [1.807, 2.05) is 6.92 Å². The molecule has 132 valence electrons. The third-order valence-electron chi connectivity index (χ3n) is 4.63. The van der Waals surface area contributed by atoms with Crippen molar-refractivity contribution in [1.29, 1.82) is 0 Å². The first-order valence-electron chi connectivity index (χ1n) is 8.72. The molecule has 1 amide bonds. The van der Waals surface area contributed by atoms with Gasteiger partial charge in [0.2, 0.25) is 0 Å². The lowest BCUT2D eigenvalue weighted by molar-refractivity contribution is -0.0524. The molecule has 1 unspecified atom stereocenters. The molecule has 3 heterocycles. The van der Waals surface area contributed by atoms with E-state index in [-0.39, 0.29) is 19.1 Å². The normalized spacial score (nSPS) is 25.7. The van der Waals surface area contributed by atoms with Crippen molar-refractivity contribution in [2.45, 2.75) is 31.8 Å². The summed E-state index contributed by atoms with van der Waals surface area (Å²) < 4.78 is 5.57. The molecule has 2 saturated heterocycles. The van der Waals surface area contributed by atoms with Crippen molar-refractivity contribution in [1.82, 2.24) is 19.8 Å². The Morgan fingerprint density at radius 2 is 2.00 bits per heavy atom. The van der Waals surface area contributed by atoms with Gasteiger partial charge in [-0.15, -0.1) is 0 Å². The first-order chi connectivity index (χ1) is 11.6. The maximum absolute atomic E-state index is 12.7. The van der Waals surface area contributed by atoms with E-state index >= 15 is 0 Å². The first kappa shape index (κ1) is 17.3. The van der Waals surface area contributed by atoms with Crippen molar-refractivity contribution < 1.29 is 14.6 Å². The van der Waals surface area contributed by atoms with Gasteiger partial charge < -0.3 is 19.6 Å². The van der Waals surface area contributed by atoms with Gasteiger partial charge in [0, 0.05) is 31.9 Å². The molecule has 0 spiro atoms. The molecule has 2 aliphatic heterocycles. The van der Waals surface area contributed by atoms with E-state index in [1.165, 1.54) is 12.8 Å². The second kappa shape index (κ2) is 7.55. The molecule has 2 aliphatic rings. The fourth-order valence-electron chi connectivity index (χ4n) is 3.37. The molecule has 0 aromatic carbocycles. The average molecular weight is 334 g/mol. The monoisotopic (exact) mass is 334 g/mol. The summed E-state index contributed by atoms with van der Waals surface area (Å²) in [4.78, 5) is 25.0. The van der Waals surface area contributed by atoms with Gasteiger partial charge in [0.25, 0.3) is 5.91 Å². The Kier molecular flexibility index (Phi) is 5.43. The Balaban J connectivity index is 1.69. The summed E-state index contributed by atoms with van der Waals surface area (Å²) >= 11 is 0. The SMILES string of the molecule is CCc1ncc(C(=O)N2CCOCC(O)(CN3CCCC3)C2)cn1. The summed E-state index contributed by atoms with van der Waals surface area (Å²) in [5.41, 5.74) is -0.571. The zero-order valence-electron chi connectivity index (χ0n) is 14.3. The lowest BCUT2D eigenvalue weighted by atomic mass is 10.0. The average Bonchev–Trinajstić information content (AvgIpc) is 3.01. The number of carbonyl (C=O) groups excluding carboxylic acids is 1. The van der Waals surface area contributed by atoms with E-state index in [1.54, 1.807) is 17.3 Å².